The van der Waals surface area contributed by atoms with E-state index in [1.165, 1.54) is 31.4 Å². The molecular formula is C23H22N4O5S. The number of thiocarbonyl (C=S) groups is 1. The Labute approximate surface area is 195 Å². The first kappa shape index (κ1) is 22.4. The van der Waals surface area contributed by atoms with Gasteiger partial charge in [0.1, 0.15) is 0 Å². The van der Waals surface area contributed by atoms with Crippen molar-refractivity contribution in [2.24, 2.45) is 0 Å². The van der Waals surface area contributed by atoms with E-state index in [-0.39, 0.29) is 11.7 Å². The summed E-state index contributed by atoms with van der Waals surface area (Å²) in [6.45, 7) is 1.84. The largest absolute Gasteiger partial charge is 0.465 e. The van der Waals surface area contributed by atoms with Crippen molar-refractivity contribution in [2.45, 2.75) is 31.8 Å². The van der Waals surface area contributed by atoms with Crippen LogP contribution in [0.4, 0.5) is 11.4 Å². The van der Waals surface area contributed by atoms with Gasteiger partial charge < -0.3 is 20.3 Å². The number of nitro groups is 1. The molecule has 0 bridgehead atoms. The molecule has 1 aliphatic carbocycles. The summed E-state index contributed by atoms with van der Waals surface area (Å²) < 4.78 is 4.93. The number of nitrogens with one attached hydrogen (secondary N) is 2. The molecule has 1 unspecified atom stereocenters. The molecule has 1 saturated carbocycles. The molecule has 1 aliphatic heterocycles. The second kappa shape index (κ2) is 8.99. The molecule has 2 aliphatic rings. The van der Waals surface area contributed by atoms with Crippen LogP contribution in [-0.4, -0.2) is 40.0 Å². The molecule has 170 valence electrons. The standard InChI is InChI=1S/C23H22N4O5S/c1-13-19(21(28)24-14-7-9-16(10-8-14)27(30)31)20(25-23(33)26(13)15-11-12-15)17-5-3-4-6-18(17)22(29)32-2/h3-10,15,20H,11-12H2,1-2H3,(H,24,28)(H,25,33). The van der Waals surface area contributed by atoms with Crippen LogP contribution < -0.4 is 10.6 Å². The van der Waals surface area contributed by atoms with Crippen molar-refractivity contribution < 1.29 is 19.2 Å². The molecule has 0 spiro atoms. The monoisotopic (exact) mass is 466 g/mol. The lowest BCUT2D eigenvalue weighted by Crippen LogP contribution is -2.49. The highest BCUT2D eigenvalue weighted by molar-refractivity contribution is 7.80. The fourth-order valence-corrected chi connectivity index (χ4v) is 4.37. The molecule has 0 radical (unpaired) electrons. The van der Waals surface area contributed by atoms with E-state index < -0.39 is 22.8 Å². The van der Waals surface area contributed by atoms with Crippen molar-refractivity contribution in [3.63, 3.8) is 0 Å². The van der Waals surface area contributed by atoms with Gasteiger partial charge in [0.05, 0.1) is 29.2 Å². The Morgan fingerprint density at radius 2 is 1.85 bits per heavy atom. The third-order valence-electron chi connectivity index (χ3n) is 5.70. The van der Waals surface area contributed by atoms with Gasteiger partial charge in [-0.3, -0.25) is 14.9 Å². The number of nitrogens with zero attached hydrogens (tertiary/aromatic N) is 2. The molecule has 4 rings (SSSR count). The van der Waals surface area contributed by atoms with Gasteiger partial charge >= 0.3 is 5.97 Å². The van der Waals surface area contributed by atoms with E-state index in [2.05, 4.69) is 10.6 Å². The summed E-state index contributed by atoms with van der Waals surface area (Å²) in [5.41, 5.74) is 2.34. The van der Waals surface area contributed by atoms with Gasteiger partial charge in [-0.05, 0) is 55.7 Å². The van der Waals surface area contributed by atoms with Crippen molar-refractivity contribution in [3.8, 4) is 0 Å². The average Bonchev–Trinajstić information content (AvgIpc) is 3.63. The number of carbonyl (C=O) groups is 2. The van der Waals surface area contributed by atoms with Crippen LogP contribution in [0.2, 0.25) is 0 Å². The average molecular weight is 467 g/mol. The van der Waals surface area contributed by atoms with E-state index in [1.807, 2.05) is 11.8 Å². The minimum absolute atomic E-state index is 0.0714. The van der Waals surface area contributed by atoms with Gasteiger partial charge in [-0.15, -0.1) is 0 Å². The topological polar surface area (TPSA) is 114 Å². The van der Waals surface area contributed by atoms with Crippen LogP contribution in [0.3, 0.4) is 0 Å². The quantitative estimate of drug-likeness (QED) is 0.287. The highest BCUT2D eigenvalue weighted by Crippen LogP contribution is 2.39. The molecule has 10 heteroatoms. The number of hydrogen-bond acceptors (Lipinski definition) is 6. The first-order chi connectivity index (χ1) is 15.8. The van der Waals surface area contributed by atoms with Crippen LogP contribution >= 0.6 is 12.2 Å². The predicted octanol–water partition coefficient (Wildman–Crippen LogP) is 3.69. The number of carbonyl (C=O) groups excluding carboxylic acids is 2. The van der Waals surface area contributed by atoms with Crippen LogP contribution in [0.25, 0.3) is 0 Å². The number of methoxy groups -OCH3 is 1. The Kier molecular flexibility index (Phi) is 6.10. The zero-order valence-corrected chi connectivity index (χ0v) is 18.8. The minimum atomic E-state index is -0.680. The van der Waals surface area contributed by atoms with Gasteiger partial charge in [0.2, 0.25) is 0 Å². The maximum absolute atomic E-state index is 13.5. The van der Waals surface area contributed by atoms with Crippen molar-refractivity contribution in [1.82, 2.24) is 10.2 Å². The fraction of sp³-hybridized carbons (Fsp3) is 0.261. The molecule has 33 heavy (non-hydrogen) atoms. The molecule has 1 atom stereocenters. The highest BCUT2D eigenvalue weighted by Gasteiger charge is 2.41. The van der Waals surface area contributed by atoms with Gasteiger partial charge in [-0.2, -0.15) is 0 Å². The summed E-state index contributed by atoms with van der Waals surface area (Å²) in [7, 11) is 1.30. The second-order valence-electron chi connectivity index (χ2n) is 7.82. The summed E-state index contributed by atoms with van der Waals surface area (Å²) in [6, 6.07) is 12.0. The number of ether oxygens (including phenoxy) is 1. The van der Waals surface area contributed by atoms with Gasteiger partial charge in [-0.1, -0.05) is 18.2 Å². The zero-order valence-electron chi connectivity index (χ0n) is 18.0. The summed E-state index contributed by atoms with van der Waals surface area (Å²) >= 11 is 5.61. The number of anilines is 1. The summed E-state index contributed by atoms with van der Waals surface area (Å²) in [6.07, 6.45) is 1.94. The first-order valence-corrected chi connectivity index (χ1v) is 10.8. The summed E-state index contributed by atoms with van der Waals surface area (Å²) in [5, 5.41) is 17.5. The molecule has 0 aromatic heterocycles. The molecule has 2 aromatic carbocycles. The Hall–Kier alpha value is -3.79. The lowest BCUT2D eigenvalue weighted by Gasteiger charge is -2.38. The predicted molar refractivity (Wildman–Crippen MR) is 126 cm³/mol. The van der Waals surface area contributed by atoms with Crippen molar-refractivity contribution in [2.75, 3.05) is 12.4 Å². The lowest BCUT2D eigenvalue weighted by molar-refractivity contribution is -0.384. The van der Waals surface area contributed by atoms with Gasteiger partial charge in [0.15, 0.2) is 5.11 Å². The molecule has 1 fully saturated rings. The normalized spacial score (nSPS) is 17.9. The van der Waals surface area contributed by atoms with Crippen LogP contribution in [0, 0.1) is 10.1 Å². The van der Waals surface area contributed by atoms with Crippen LogP contribution in [0.1, 0.15) is 41.7 Å². The Morgan fingerprint density at radius 1 is 1.18 bits per heavy atom. The molecular weight excluding hydrogens is 444 g/mol. The van der Waals surface area contributed by atoms with Gasteiger partial charge in [0.25, 0.3) is 11.6 Å². The number of benzene rings is 2. The van der Waals surface area contributed by atoms with Gasteiger partial charge in [-0.25, -0.2) is 4.79 Å². The SMILES string of the molecule is COC(=O)c1ccccc1C1NC(=S)N(C2CC2)C(C)=C1C(=O)Nc1ccc([N+](=O)[O-])cc1. The van der Waals surface area contributed by atoms with Crippen LogP contribution in [0.5, 0.6) is 0 Å². The van der Waals surface area contributed by atoms with E-state index in [1.54, 1.807) is 24.3 Å². The lowest BCUT2D eigenvalue weighted by atomic mass is 9.90. The minimum Gasteiger partial charge on any atom is -0.465 e. The van der Waals surface area contributed by atoms with E-state index in [9.17, 15) is 19.7 Å². The van der Waals surface area contributed by atoms with E-state index in [0.717, 1.165) is 12.8 Å². The Bertz CT molecular complexity index is 1170. The summed E-state index contributed by atoms with van der Waals surface area (Å²) in [5.74, 6) is -0.914. The smallest absolute Gasteiger partial charge is 0.338 e. The van der Waals surface area contributed by atoms with Crippen LogP contribution in [-0.2, 0) is 9.53 Å². The van der Waals surface area contributed by atoms with Crippen molar-refractivity contribution in [1.29, 1.82) is 0 Å². The van der Waals surface area contributed by atoms with E-state index >= 15 is 0 Å². The maximum Gasteiger partial charge on any atom is 0.338 e. The van der Waals surface area contributed by atoms with E-state index in [4.69, 9.17) is 17.0 Å². The van der Waals surface area contributed by atoms with E-state index in [0.29, 0.717) is 33.2 Å². The molecule has 9 nitrogen and oxygen atoms in total. The summed E-state index contributed by atoms with van der Waals surface area (Å²) in [4.78, 5) is 38.3. The molecule has 0 saturated heterocycles. The third kappa shape index (κ3) is 4.42. The number of amides is 1. The Morgan fingerprint density at radius 3 is 2.45 bits per heavy atom. The zero-order chi connectivity index (χ0) is 23.7. The van der Waals surface area contributed by atoms with Crippen molar-refractivity contribution >= 4 is 40.6 Å². The second-order valence-corrected chi connectivity index (χ2v) is 8.21. The number of esters is 1. The number of allylic oxidation sites excluding steroid dienone is 1. The number of hydrogen-bond donors (Lipinski definition) is 2. The number of nitro benzene ring substituents is 1. The number of non-ortho nitro benzene ring substituents is 1. The maximum atomic E-state index is 13.5. The molecule has 2 N–H and O–H groups in total. The van der Waals surface area contributed by atoms with Crippen molar-refractivity contribution in [3.05, 3.63) is 81.0 Å². The van der Waals surface area contributed by atoms with Gasteiger partial charge in [0, 0.05) is 29.6 Å². The van der Waals surface area contributed by atoms with Crippen LogP contribution in [0.15, 0.2) is 59.8 Å². The highest BCUT2D eigenvalue weighted by atomic mass is 32.1. The number of rotatable bonds is 6. The molecule has 1 heterocycles. The molecule has 1 amide bonds. The first-order valence-electron chi connectivity index (χ1n) is 10.4. The Balaban J connectivity index is 1.75. The third-order valence-corrected chi connectivity index (χ3v) is 6.01. The fourth-order valence-electron chi connectivity index (χ4n) is 3.97. The molecule has 2 aromatic rings.